The molecule has 0 aliphatic heterocycles. The fourth-order valence-electron chi connectivity index (χ4n) is 3.28. The number of hydrogen-bond acceptors (Lipinski definition) is 5. The Morgan fingerprint density at radius 3 is 2.80 bits per heavy atom. The van der Waals surface area contributed by atoms with E-state index in [0.29, 0.717) is 23.7 Å². The monoisotopic (exact) mass is 355 g/mol. The van der Waals surface area contributed by atoms with Crippen molar-refractivity contribution in [3.63, 3.8) is 0 Å². The molecule has 25 heavy (non-hydrogen) atoms. The van der Waals surface area contributed by atoms with Gasteiger partial charge < -0.3 is 15.4 Å². The van der Waals surface area contributed by atoms with Crippen LogP contribution in [-0.2, 0) is 0 Å². The van der Waals surface area contributed by atoms with E-state index in [0.717, 1.165) is 4.88 Å². The minimum atomic E-state index is -0.546. The number of benzene rings is 1. The quantitative estimate of drug-likeness (QED) is 0.669. The zero-order chi connectivity index (χ0) is 17.4. The van der Waals surface area contributed by atoms with Crippen LogP contribution >= 0.6 is 11.3 Å². The van der Waals surface area contributed by atoms with E-state index in [9.17, 15) is 14.7 Å². The molecule has 0 bridgehead atoms. The molecule has 4 rings (SSSR count). The van der Waals surface area contributed by atoms with Crippen LogP contribution in [0.15, 0.2) is 46.6 Å². The molecule has 2 aromatic heterocycles. The average Bonchev–Trinajstić information content (AvgIpc) is 3.10. The minimum absolute atomic E-state index is 0.126. The van der Waals surface area contributed by atoms with Crippen LogP contribution in [0.25, 0.3) is 10.9 Å². The lowest BCUT2D eigenvalue weighted by molar-refractivity contribution is 0.0241. The van der Waals surface area contributed by atoms with E-state index in [1.165, 1.54) is 0 Å². The second-order valence-electron chi connectivity index (χ2n) is 6.29. The fourth-order valence-corrected chi connectivity index (χ4v) is 4.15. The zero-order valence-corrected chi connectivity index (χ0v) is 14.1. The standard InChI is InChI=1S/C18H17N3O3S/c22-11-8-10(9-11)15(14-6-3-7-25-14)20-17(23)16-12-4-1-2-5-13(12)19-18(24)21-16/h1-7,10-11,15,22H,8-9H2,(H,20,23)(H,19,21,24)/t10?,11?,15-/m1/s1. The molecule has 1 aromatic carbocycles. The van der Waals surface area contributed by atoms with Gasteiger partial charge in [-0.1, -0.05) is 24.3 Å². The third kappa shape index (κ3) is 3.08. The van der Waals surface area contributed by atoms with E-state index in [2.05, 4.69) is 15.3 Å². The SMILES string of the molecule is O=C(N[C@@H](c1cccs1)C1CC(O)C1)c1nc(=O)[nH]c2ccccc12. The molecular formula is C18H17N3O3S. The highest BCUT2D eigenvalue weighted by atomic mass is 32.1. The summed E-state index contributed by atoms with van der Waals surface area (Å²) in [6.45, 7) is 0. The molecule has 1 aliphatic rings. The molecule has 7 heteroatoms. The Kier molecular flexibility index (Phi) is 4.10. The molecule has 1 atom stereocenters. The largest absolute Gasteiger partial charge is 0.393 e. The van der Waals surface area contributed by atoms with Gasteiger partial charge >= 0.3 is 5.69 Å². The summed E-state index contributed by atoms with van der Waals surface area (Å²) in [6.07, 6.45) is 1.02. The van der Waals surface area contributed by atoms with E-state index in [-0.39, 0.29) is 29.7 Å². The zero-order valence-electron chi connectivity index (χ0n) is 13.3. The Labute approximate surface area is 147 Å². The normalized spacial score (nSPS) is 20.8. The van der Waals surface area contributed by atoms with Crippen molar-refractivity contribution >= 4 is 28.1 Å². The third-order valence-corrected chi connectivity index (χ3v) is 5.56. The molecule has 0 radical (unpaired) electrons. The lowest BCUT2D eigenvalue weighted by Gasteiger charge is -2.37. The first kappa shape index (κ1) is 16.0. The van der Waals surface area contributed by atoms with Crippen LogP contribution in [0.1, 0.15) is 34.2 Å². The fraction of sp³-hybridized carbons (Fsp3) is 0.278. The number of fused-ring (bicyclic) bond motifs is 1. The number of nitrogens with zero attached hydrogens (tertiary/aromatic N) is 1. The van der Waals surface area contributed by atoms with E-state index in [1.807, 2.05) is 17.5 Å². The van der Waals surface area contributed by atoms with Crippen molar-refractivity contribution in [1.29, 1.82) is 0 Å². The van der Waals surface area contributed by atoms with Crippen molar-refractivity contribution in [2.45, 2.75) is 25.0 Å². The van der Waals surface area contributed by atoms with Gasteiger partial charge in [0, 0.05) is 10.3 Å². The molecule has 128 valence electrons. The van der Waals surface area contributed by atoms with Crippen LogP contribution in [0, 0.1) is 5.92 Å². The molecular weight excluding hydrogens is 338 g/mol. The summed E-state index contributed by atoms with van der Waals surface area (Å²) >= 11 is 1.57. The Morgan fingerprint density at radius 1 is 1.28 bits per heavy atom. The average molecular weight is 355 g/mol. The van der Waals surface area contributed by atoms with E-state index < -0.39 is 5.69 Å². The number of aromatic amines is 1. The molecule has 1 amide bonds. The van der Waals surface area contributed by atoms with Crippen molar-refractivity contribution in [1.82, 2.24) is 15.3 Å². The number of aromatic nitrogens is 2. The number of hydrogen-bond donors (Lipinski definition) is 3. The molecule has 2 heterocycles. The van der Waals surface area contributed by atoms with Gasteiger partial charge in [-0.05, 0) is 36.3 Å². The van der Waals surface area contributed by atoms with Gasteiger partial charge in [0.15, 0.2) is 0 Å². The Balaban J connectivity index is 1.67. The van der Waals surface area contributed by atoms with E-state index in [4.69, 9.17) is 0 Å². The molecule has 6 nitrogen and oxygen atoms in total. The number of H-pyrrole nitrogens is 1. The van der Waals surface area contributed by atoms with Crippen molar-refractivity contribution < 1.29 is 9.90 Å². The van der Waals surface area contributed by atoms with Crippen molar-refractivity contribution in [2.75, 3.05) is 0 Å². The first-order valence-electron chi connectivity index (χ1n) is 8.13. The topological polar surface area (TPSA) is 95.1 Å². The molecule has 1 aliphatic carbocycles. The summed E-state index contributed by atoms with van der Waals surface area (Å²) in [6, 6.07) is 10.8. The molecule has 3 aromatic rings. The first-order valence-corrected chi connectivity index (χ1v) is 9.01. The maximum atomic E-state index is 12.9. The second-order valence-corrected chi connectivity index (χ2v) is 7.27. The maximum absolute atomic E-state index is 12.9. The second kappa shape index (κ2) is 6.42. The van der Waals surface area contributed by atoms with Crippen LogP contribution in [-0.4, -0.2) is 27.1 Å². The number of rotatable bonds is 4. The molecule has 0 spiro atoms. The van der Waals surface area contributed by atoms with Crippen LogP contribution in [0.2, 0.25) is 0 Å². The molecule has 3 N–H and O–H groups in total. The van der Waals surface area contributed by atoms with Gasteiger partial charge in [-0.2, -0.15) is 4.98 Å². The third-order valence-electron chi connectivity index (χ3n) is 4.61. The highest BCUT2D eigenvalue weighted by Crippen LogP contribution is 2.39. The van der Waals surface area contributed by atoms with Crippen LogP contribution in [0.3, 0.4) is 0 Å². The summed E-state index contributed by atoms with van der Waals surface area (Å²) in [5.41, 5.74) is 0.163. The number of carbonyl (C=O) groups is 1. The predicted octanol–water partition coefficient (Wildman–Crippen LogP) is 2.23. The molecule has 1 fully saturated rings. The van der Waals surface area contributed by atoms with Gasteiger partial charge in [0.05, 0.1) is 17.7 Å². The van der Waals surface area contributed by atoms with Crippen molar-refractivity contribution in [3.05, 3.63) is 62.8 Å². The smallest absolute Gasteiger partial charge is 0.346 e. The first-order chi connectivity index (χ1) is 12.1. The van der Waals surface area contributed by atoms with E-state index in [1.54, 1.807) is 35.6 Å². The molecule has 0 saturated heterocycles. The summed E-state index contributed by atoms with van der Waals surface area (Å²) in [5.74, 6) is -0.187. The van der Waals surface area contributed by atoms with Crippen molar-refractivity contribution in [3.8, 4) is 0 Å². The molecule has 1 saturated carbocycles. The predicted molar refractivity (Wildman–Crippen MR) is 95.6 cm³/mol. The number of carbonyl (C=O) groups excluding carboxylic acids is 1. The number of amides is 1. The van der Waals surface area contributed by atoms with Crippen molar-refractivity contribution in [2.24, 2.45) is 5.92 Å². The maximum Gasteiger partial charge on any atom is 0.346 e. The number of aliphatic hydroxyl groups is 1. The van der Waals surface area contributed by atoms with Gasteiger partial charge in [0.25, 0.3) is 5.91 Å². The minimum Gasteiger partial charge on any atom is -0.393 e. The Bertz CT molecular complexity index is 961. The summed E-state index contributed by atoms with van der Waals surface area (Å²) in [7, 11) is 0. The van der Waals surface area contributed by atoms with Gasteiger partial charge in [-0.15, -0.1) is 11.3 Å². The van der Waals surface area contributed by atoms with Gasteiger partial charge in [-0.3, -0.25) is 4.79 Å². The van der Waals surface area contributed by atoms with Gasteiger partial charge in [0.1, 0.15) is 5.69 Å². The number of thiophene rings is 1. The number of para-hydroxylation sites is 1. The summed E-state index contributed by atoms with van der Waals surface area (Å²) in [4.78, 5) is 32.2. The van der Waals surface area contributed by atoms with Crippen LogP contribution in [0.4, 0.5) is 0 Å². The Morgan fingerprint density at radius 2 is 2.08 bits per heavy atom. The highest BCUT2D eigenvalue weighted by molar-refractivity contribution is 7.10. The Hall–Kier alpha value is -2.51. The van der Waals surface area contributed by atoms with E-state index >= 15 is 0 Å². The molecule has 0 unspecified atom stereocenters. The number of aliphatic hydroxyl groups excluding tert-OH is 1. The lowest BCUT2D eigenvalue weighted by Crippen LogP contribution is -2.41. The lowest BCUT2D eigenvalue weighted by atomic mass is 9.76. The van der Waals surface area contributed by atoms with Gasteiger partial charge in [0.2, 0.25) is 0 Å². The van der Waals surface area contributed by atoms with Crippen LogP contribution in [0.5, 0.6) is 0 Å². The summed E-state index contributed by atoms with van der Waals surface area (Å²) < 4.78 is 0. The summed E-state index contributed by atoms with van der Waals surface area (Å²) in [5, 5.41) is 15.2. The van der Waals surface area contributed by atoms with Gasteiger partial charge in [-0.25, -0.2) is 4.79 Å². The highest BCUT2D eigenvalue weighted by Gasteiger charge is 2.36. The van der Waals surface area contributed by atoms with Crippen LogP contribution < -0.4 is 11.0 Å². The number of nitrogens with one attached hydrogen (secondary N) is 2.